The quantitative estimate of drug-likeness (QED) is 0.128. The zero-order chi connectivity index (χ0) is 34.4. The van der Waals surface area contributed by atoms with Crippen LogP contribution in [0.15, 0.2) is 206 Å². The number of fused-ring (bicyclic) bond motifs is 5. The van der Waals surface area contributed by atoms with Gasteiger partial charge in [0.2, 0.25) is 0 Å². The van der Waals surface area contributed by atoms with Gasteiger partial charge in [0, 0.05) is 0 Å². The lowest BCUT2D eigenvalue weighted by Crippen LogP contribution is -1.93. The zero-order valence-corrected chi connectivity index (χ0v) is 28.6. The molecule has 10 aromatic carbocycles. The minimum absolute atomic E-state index is 1.21. The van der Waals surface area contributed by atoms with E-state index in [0.29, 0.717) is 0 Å². The van der Waals surface area contributed by atoms with Crippen molar-refractivity contribution in [2.45, 2.75) is 0 Å². The molecule has 0 heteroatoms. The summed E-state index contributed by atoms with van der Waals surface area (Å²) in [6, 6.07) is 75.6. The monoisotopic (exact) mass is 658 g/mol. The second-order valence-corrected chi connectivity index (χ2v) is 13.7. The first-order valence-electron chi connectivity index (χ1n) is 18.0. The van der Waals surface area contributed by atoms with Gasteiger partial charge in [-0.15, -0.1) is 0 Å². The maximum Gasteiger partial charge on any atom is -0.00141 e. The normalized spacial score (nSPS) is 11.5. The van der Waals surface area contributed by atoms with Crippen LogP contribution in [-0.4, -0.2) is 0 Å². The summed E-state index contributed by atoms with van der Waals surface area (Å²) in [6.45, 7) is 0. The molecule has 0 N–H and O–H groups in total. The van der Waals surface area contributed by atoms with Gasteiger partial charge in [-0.1, -0.05) is 182 Å². The first kappa shape index (κ1) is 30.1. The van der Waals surface area contributed by atoms with Crippen molar-refractivity contribution in [3.63, 3.8) is 0 Å². The van der Waals surface area contributed by atoms with Gasteiger partial charge in [0.15, 0.2) is 0 Å². The molecule has 10 rings (SSSR count). The predicted molar refractivity (Wildman–Crippen MR) is 224 cm³/mol. The lowest BCUT2D eigenvalue weighted by Gasteiger charge is -2.20. The molecule has 0 saturated heterocycles. The fourth-order valence-electron chi connectivity index (χ4n) is 8.15. The molecule has 0 unspecified atom stereocenters. The number of hydrogen-bond donors (Lipinski definition) is 0. The average Bonchev–Trinajstić information content (AvgIpc) is 3.23. The van der Waals surface area contributed by atoms with Crippen molar-refractivity contribution in [2.75, 3.05) is 0 Å². The van der Waals surface area contributed by atoms with E-state index in [4.69, 9.17) is 0 Å². The first-order valence-corrected chi connectivity index (χ1v) is 18.0. The Bertz CT molecular complexity index is 2950. The van der Waals surface area contributed by atoms with E-state index in [1.807, 2.05) is 0 Å². The third kappa shape index (κ3) is 5.16. The molecule has 0 amide bonds. The maximum absolute atomic E-state index is 2.38. The number of benzene rings is 10. The largest absolute Gasteiger partial charge is 0.0622 e. The van der Waals surface area contributed by atoms with Gasteiger partial charge in [-0.25, -0.2) is 0 Å². The van der Waals surface area contributed by atoms with Gasteiger partial charge in [-0.3, -0.25) is 0 Å². The second kappa shape index (κ2) is 12.5. The summed E-state index contributed by atoms with van der Waals surface area (Å²) in [7, 11) is 0. The van der Waals surface area contributed by atoms with Crippen molar-refractivity contribution >= 4 is 43.1 Å². The van der Waals surface area contributed by atoms with Gasteiger partial charge in [0.25, 0.3) is 0 Å². The summed E-state index contributed by atoms with van der Waals surface area (Å²) in [5.41, 5.74) is 12.3. The van der Waals surface area contributed by atoms with Crippen molar-refractivity contribution in [3.8, 4) is 55.6 Å². The van der Waals surface area contributed by atoms with Crippen LogP contribution in [0.2, 0.25) is 0 Å². The molecule has 0 atom stereocenters. The number of rotatable bonds is 5. The topological polar surface area (TPSA) is 0 Å². The van der Waals surface area contributed by atoms with Gasteiger partial charge in [-0.05, 0) is 123 Å². The van der Waals surface area contributed by atoms with E-state index in [1.54, 1.807) is 0 Å². The smallest absolute Gasteiger partial charge is 0.00141 e. The molecular formula is C52H34. The third-order valence-corrected chi connectivity index (χ3v) is 10.6. The minimum atomic E-state index is 1.21. The van der Waals surface area contributed by atoms with Gasteiger partial charge >= 0.3 is 0 Å². The summed E-state index contributed by atoms with van der Waals surface area (Å²) in [6.07, 6.45) is 0. The fourth-order valence-corrected chi connectivity index (χ4v) is 8.15. The van der Waals surface area contributed by atoms with Crippen LogP contribution < -0.4 is 0 Å². The third-order valence-electron chi connectivity index (χ3n) is 10.6. The van der Waals surface area contributed by atoms with Gasteiger partial charge in [-0.2, -0.15) is 0 Å². The van der Waals surface area contributed by atoms with E-state index >= 15 is 0 Å². The molecule has 0 radical (unpaired) electrons. The summed E-state index contributed by atoms with van der Waals surface area (Å²) >= 11 is 0. The van der Waals surface area contributed by atoms with Crippen LogP contribution in [-0.2, 0) is 0 Å². The molecule has 0 aromatic heterocycles. The summed E-state index contributed by atoms with van der Waals surface area (Å²) in [5.74, 6) is 0. The van der Waals surface area contributed by atoms with Crippen molar-refractivity contribution in [2.24, 2.45) is 0 Å². The van der Waals surface area contributed by atoms with Gasteiger partial charge in [0.1, 0.15) is 0 Å². The highest BCUT2D eigenvalue weighted by atomic mass is 14.2. The molecule has 10 aromatic rings. The highest BCUT2D eigenvalue weighted by molar-refractivity contribution is 6.28. The molecule has 0 saturated carbocycles. The highest BCUT2D eigenvalue weighted by Gasteiger charge is 2.19. The van der Waals surface area contributed by atoms with Gasteiger partial charge in [0.05, 0.1) is 0 Å². The summed E-state index contributed by atoms with van der Waals surface area (Å²) < 4.78 is 0. The summed E-state index contributed by atoms with van der Waals surface area (Å²) in [5, 5.41) is 10.1. The zero-order valence-electron chi connectivity index (χ0n) is 28.6. The molecule has 0 aliphatic rings. The Labute approximate surface area is 303 Å². The van der Waals surface area contributed by atoms with Crippen LogP contribution in [0.4, 0.5) is 0 Å². The average molecular weight is 659 g/mol. The molecule has 0 bridgehead atoms. The van der Waals surface area contributed by atoms with Crippen LogP contribution in [0.25, 0.3) is 98.7 Å². The Balaban J connectivity index is 1.21. The Morgan fingerprint density at radius 1 is 0.192 bits per heavy atom. The Morgan fingerprint density at radius 2 is 0.635 bits per heavy atom. The van der Waals surface area contributed by atoms with Crippen LogP contribution in [0, 0.1) is 0 Å². The summed E-state index contributed by atoms with van der Waals surface area (Å²) in [4.78, 5) is 0. The highest BCUT2D eigenvalue weighted by Crippen LogP contribution is 2.47. The van der Waals surface area contributed by atoms with E-state index in [9.17, 15) is 0 Å². The second-order valence-electron chi connectivity index (χ2n) is 13.7. The van der Waals surface area contributed by atoms with E-state index in [1.165, 1.54) is 98.7 Å². The minimum Gasteiger partial charge on any atom is -0.0622 e. The molecule has 242 valence electrons. The van der Waals surface area contributed by atoms with E-state index in [0.717, 1.165) is 0 Å². The molecule has 52 heavy (non-hydrogen) atoms. The van der Waals surface area contributed by atoms with Crippen molar-refractivity contribution < 1.29 is 0 Å². The van der Waals surface area contributed by atoms with Crippen LogP contribution in [0.5, 0.6) is 0 Å². The fraction of sp³-hybridized carbons (Fsp3) is 0. The first-order chi connectivity index (χ1) is 25.8. The van der Waals surface area contributed by atoms with Crippen LogP contribution in [0.3, 0.4) is 0 Å². The molecule has 0 spiro atoms. The predicted octanol–water partition coefficient (Wildman–Crippen LogP) is 14.6. The molecule has 0 fully saturated rings. The number of hydrogen-bond acceptors (Lipinski definition) is 0. The van der Waals surface area contributed by atoms with E-state index < -0.39 is 0 Å². The Morgan fingerprint density at radius 3 is 1.33 bits per heavy atom. The maximum atomic E-state index is 2.38. The molecule has 0 aliphatic carbocycles. The molecule has 0 heterocycles. The van der Waals surface area contributed by atoms with Crippen molar-refractivity contribution in [1.29, 1.82) is 0 Å². The van der Waals surface area contributed by atoms with E-state index in [2.05, 4.69) is 206 Å². The van der Waals surface area contributed by atoms with Crippen molar-refractivity contribution in [1.82, 2.24) is 0 Å². The lowest BCUT2D eigenvalue weighted by atomic mass is 9.83. The molecule has 0 aliphatic heterocycles. The van der Waals surface area contributed by atoms with Crippen molar-refractivity contribution in [3.05, 3.63) is 206 Å². The van der Waals surface area contributed by atoms with Crippen LogP contribution in [0.1, 0.15) is 0 Å². The Kier molecular flexibility index (Phi) is 7.25. The van der Waals surface area contributed by atoms with Gasteiger partial charge < -0.3 is 0 Å². The molecule has 0 nitrogen and oxygen atoms in total. The standard InChI is InChI=1S/C52H34/c1-2-13-35(14-3-1)39-18-10-19-40(31-39)41-20-11-22-44(33-41)50-47-25-8-9-26-48(47)51(52-46-24-7-6-16-37(46)29-30-49(50)52)45-23-12-21-42(34-45)43-28-27-36-15-4-5-17-38(36)32-43/h1-34H. The Hall–Kier alpha value is -6.76. The molecular weight excluding hydrogens is 625 g/mol. The lowest BCUT2D eigenvalue weighted by molar-refractivity contribution is 1.58. The van der Waals surface area contributed by atoms with E-state index in [-0.39, 0.29) is 0 Å². The van der Waals surface area contributed by atoms with Crippen LogP contribution >= 0.6 is 0 Å². The SMILES string of the molecule is c1ccc(-c2cccc(-c3cccc(-c4c5ccccc5c(-c5cccc(-c6ccc7ccccc7c6)c5)c5c4ccc4ccccc45)c3)c2)cc1.